The van der Waals surface area contributed by atoms with Crippen LogP contribution in [0, 0.1) is 0 Å². The molecule has 2 aliphatic rings. The van der Waals surface area contributed by atoms with E-state index in [1.807, 2.05) is 0 Å². The van der Waals surface area contributed by atoms with Crippen LogP contribution >= 0.6 is 11.8 Å². The van der Waals surface area contributed by atoms with Crippen molar-refractivity contribution in [3.8, 4) is 0 Å². The molecular weight excluding hydrogens is 362 g/mol. The number of β-lactam (4-membered cyclic amide) rings is 1. The number of nitrogens with one attached hydrogen (secondary N) is 1. The van der Waals surface area contributed by atoms with E-state index >= 15 is 0 Å². The first-order valence-electron chi connectivity index (χ1n) is 7.88. The standard InChI is InChI=1S/C16H19N3O6S/c1-15(2)11(12(22)23)19-13(24)16(25-3,14(19)26-15)17-10(21)8-18-6-4-9(20)5-7-18/h4-7,11,14H,8H2,1-3H3,(H,17,21)(H,22,23)/t11-,14+,16?/m0/s1. The molecule has 1 unspecified atom stereocenters. The highest BCUT2D eigenvalue weighted by Gasteiger charge is 2.73. The van der Waals surface area contributed by atoms with Crippen LogP contribution in [0.2, 0.25) is 0 Å². The molecule has 3 rings (SSSR count). The predicted molar refractivity (Wildman–Crippen MR) is 92.3 cm³/mol. The van der Waals surface area contributed by atoms with Gasteiger partial charge in [0.25, 0.3) is 11.6 Å². The average molecular weight is 381 g/mol. The minimum absolute atomic E-state index is 0.109. The first-order chi connectivity index (χ1) is 12.1. The number of fused-ring (bicyclic) bond motifs is 1. The van der Waals surface area contributed by atoms with Crippen molar-refractivity contribution in [2.75, 3.05) is 7.11 Å². The molecule has 140 valence electrons. The molecule has 2 fully saturated rings. The lowest BCUT2D eigenvalue weighted by atomic mass is 9.93. The van der Waals surface area contributed by atoms with Crippen molar-refractivity contribution in [1.82, 2.24) is 14.8 Å². The van der Waals surface area contributed by atoms with Gasteiger partial charge in [0.1, 0.15) is 18.0 Å². The van der Waals surface area contributed by atoms with Gasteiger partial charge in [-0.25, -0.2) is 4.79 Å². The van der Waals surface area contributed by atoms with E-state index in [1.165, 1.54) is 52.9 Å². The molecule has 26 heavy (non-hydrogen) atoms. The van der Waals surface area contributed by atoms with Crippen molar-refractivity contribution in [3.63, 3.8) is 0 Å². The third-order valence-corrected chi connectivity index (χ3v) is 6.19. The number of hydrogen-bond acceptors (Lipinski definition) is 6. The topological polar surface area (TPSA) is 118 Å². The van der Waals surface area contributed by atoms with E-state index in [0.29, 0.717) is 0 Å². The van der Waals surface area contributed by atoms with E-state index in [1.54, 1.807) is 13.8 Å². The molecule has 1 aromatic rings. The summed E-state index contributed by atoms with van der Waals surface area (Å²) in [7, 11) is 1.30. The smallest absolute Gasteiger partial charge is 0.327 e. The number of aliphatic carboxylic acids is 1. The van der Waals surface area contributed by atoms with E-state index < -0.39 is 39.7 Å². The lowest BCUT2D eigenvalue weighted by molar-refractivity contribution is -0.201. The van der Waals surface area contributed by atoms with Gasteiger partial charge in [0, 0.05) is 36.4 Å². The van der Waals surface area contributed by atoms with Gasteiger partial charge >= 0.3 is 5.97 Å². The van der Waals surface area contributed by atoms with Crippen molar-refractivity contribution >= 4 is 29.5 Å². The molecule has 9 nitrogen and oxygen atoms in total. The average Bonchev–Trinajstić information content (AvgIpc) is 2.84. The number of thioether (sulfide) groups is 1. The Hall–Kier alpha value is -2.33. The maximum Gasteiger partial charge on any atom is 0.327 e. The number of aromatic nitrogens is 1. The zero-order valence-electron chi connectivity index (χ0n) is 14.5. The minimum Gasteiger partial charge on any atom is -0.480 e. The Labute approximate surface area is 153 Å². The Morgan fingerprint density at radius 3 is 2.46 bits per heavy atom. The maximum atomic E-state index is 12.7. The van der Waals surface area contributed by atoms with E-state index in [-0.39, 0.29) is 12.0 Å². The molecule has 10 heteroatoms. The monoisotopic (exact) mass is 381 g/mol. The zero-order valence-corrected chi connectivity index (χ0v) is 15.3. The van der Waals surface area contributed by atoms with Gasteiger partial charge in [-0.3, -0.25) is 14.4 Å². The fraction of sp³-hybridized carbons (Fsp3) is 0.500. The predicted octanol–water partition coefficient (Wildman–Crippen LogP) is -0.546. The number of carbonyl (C=O) groups is 3. The zero-order chi connectivity index (χ0) is 19.3. The molecule has 1 aromatic heterocycles. The summed E-state index contributed by atoms with van der Waals surface area (Å²) >= 11 is 1.28. The van der Waals surface area contributed by atoms with Gasteiger partial charge in [-0.15, -0.1) is 11.8 Å². The molecule has 0 aliphatic carbocycles. The summed E-state index contributed by atoms with van der Waals surface area (Å²) in [4.78, 5) is 49.0. The van der Waals surface area contributed by atoms with Gasteiger partial charge in [-0.1, -0.05) is 0 Å². The van der Waals surface area contributed by atoms with Crippen LogP contribution in [-0.4, -0.2) is 61.4 Å². The molecule has 0 spiro atoms. The molecule has 0 radical (unpaired) electrons. The molecule has 0 saturated carbocycles. The van der Waals surface area contributed by atoms with Crippen molar-refractivity contribution in [1.29, 1.82) is 0 Å². The highest BCUT2D eigenvalue weighted by molar-refractivity contribution is 8.01. The molecule has 2 saturated heterocycles. The number of ether oxygens (including phenoxy) is 1. The first-order valence-corrected chi connectivity index (χ1v) is 8.76. The van der Waals surface area contributed by atoms with E-state index in [9.17, 15) is 24.3 Å². The van der Waals surface area contributed by atoms with Gasteiger partial charge in [0.2, 0.25) is 5.91 Å². The highest BCUT2D eigenvalue weighted by Crippen LogP contribution is 2.55. The molecule has 2 N–H and O–H groups in total. The molecule has 0 aromatic carbocycles. The lowest BCUT2D eigenvalue weighted by Gasteiger charge is -2.51. The summed E-state index contributed by atoms with van der Waals surface area (Å²) in [5, 5.41) is 11.4. The molecule has 2 amide bonds. The number of pyridine rings is 1. The Morgan fingerprint density at radius 1 is 1.31 bits per heavy atom. The fourth-order valence-electron chi connectivity index (χ4n) is 3.35. The van der Waals surface area contributed by atoms with Gasteiger partial charge in [-0.2, -0.15) is 0 Å². The molecule has 3 heterocycles. The van der Waals surface area contributed by atoms with Crippen LogP contribution in [0.3, 0.4) is 0 Å². The number of carbonyl (C=O) groups excluding carboxylic acids is 2. The second kappa shape index (κ2) is 6.13. The molecule has 0 bridgehead atoms. The third-order valence-electron chi connectivity index (χ3n) is 4.57. The summed E-state index contributed by atoms with van der Waals surface area (Å²) in [5.41, 5.74) is -1.77. The second-order valence-corrected chi connectivity index (χ2v) is 8.46. The largest absolute Gasteiger partial charge is 0.480 e. The Bertz CT molecular complexity index is 817. The minimum atomic E-state index is -1.59. The maximum absolute atomic E-state index is 12.7. The van der Waals surface area contributed by atoms with Gasteiger partial charge in [0.15, 0.2) is 5.43 Å². The Kier molecular flexibility index (Phi) is 4.35. The second-order valence-electron chi connectivity index (χ2n) is 6.72. The number of carboxylic acids is 1. The third kappa shape index (κ3) is 2.69. The quantitative estimate of drug-likeness (QED) is 0.519. The summed E-state index contributed by atoms with van der Waals surface area (Å²) < 4.78 is 6.12. The van der Waals surface area contributed by atoms with Gasteiger partial charge < -0.3 is 24.6 Å². The molecule has 2 aliphatic heterocycles. The van der Waals surface area contributed by atoms with Crippen molar-refractivity contribution in [2.24, 2.45) is 0 Å². The van der Waals surface area contributed by atoms with E-state index in [0.717, 1.165) is 0 Å². The lowest BCUT2D eigenvalue weighted by Crippen LogP contribution is -2.80. The first kappa shape index (κ1) is 18.5. The molecular formula is C16H19N3O6S. The van der Waals surface area contributed by atoms with Gasteiger partial charge in [-0.05, 0) is 13.8 Å². The van der Waals surface area contributed by atoms with Crippen molar-refractivity contribution < 1.29 is 24.2 Å². The Balaban J connectivity index is 1.79. The van der Waals surface area contributed by atoms with Crippen molar-refractivity contribution in [2.45, 2.75) is 42.3 Å². The van der Waals surface area contributed by atoms with Crippen LogP contribution in [0.15, 0.2) is 29.3 Å². The summed E-state index contributed by atoms with van der Waals surface area (Å²) in [5.74, 6) is -2.16. The van der Waals surface area contributed by atoms with Crippen LogP contribution in [0.25, 0.3) is 0 Å². The number of hydrogen-bond donors (Lipinski definition) is 2. The SMILES string of the molecule is COC1(NC(=O)Cn2ccc(=O)cc2)C(=O)N2[C@@H](C(=O)O)C(C)(C)S[C@@H]21. The number of nitrogens with zero attached hydrogens (tertiary/aromatic N) is 2. The van der Waals surface area contributed by atoms with Crippen molar-refractivity contribution in [3.05, 3.63) is 34.7 Å². The number of carboxylic acid groups (broad SMARTS) is 1. The van der Waals surface area contributed by atoms with Crippen LogP contribution < -0.4 is 10.7 Å². The Morgan fingerprint density at radius 2 is 1.92 bits per heavy atom. The van der Waals surface area contributed by atoms with Gasteiger partial charge in [0.05, 0.1) is 0 Å². The fourth-order valence-corrected chi connectivity index (χ4v) is 5.02. The van der Waals surface area contributed by atoms with Crippen LogP contribution in [-0.2, 0) is 25.7 Å². The number of methoxy groups -OCH3 is 1. The summed E-state index contributed by atoms with van der Waals surface area (Å²) in [6, 6.07) is 1.65. The van der Waals surface area contributed by atoms with Crippen LogP contribution in [0.5, 0.6) is 0 Å². The number of amides is 2. The summed E-state index contributed by atoms with van der Waals surface area (Å²) in [6.45, 7) is 3.37. The normalized spacial score (nSPS) is 29.0. The van der Waals surface area contributed by atoms with Crippen LogP contribution in [0.4, 0.5) is 0 Å². The highest BCUT2D eigenvalue weighted by atomic mass is 32.2. The molecule has 3 atom stereocenters. The van der Waals surface area contributed by atoms with Crippen LogP contribution in [0.1, 0.15) is 13.8 Å². The van der Waals surface area contributed by atoms with E-state index in [4.69, 9.17) is 4.74 Å². The summed E-state index contributed by atoms with van der Waals surface area (Å²) in [6.07, 6.45) is 2.92. The van der Waals surface area contributed by atoms with E-state index in [2.05, 4.69) is 5.32 Å². The number of rotatable bonds is 5.